The van der Waals surface area contributed by atoms with Gasteiger partial charge in [0.05, 0.1) is 5.56 Å². The number of nitrogens with zero attached hydrogens (tertiary/aromatic N) is 6. The van der Waals surface area contributed by atoms with Crippen molar-refractivity contribution < 1.29 is 4.79 Å². The van der Waals surface area contributed by atoms with E-state index in [1.807, 2.05) is 0 Å². The average molecular weight is 309 g/mol. The molecular weight excluding hydrogens is 294 g/mol. The molecule has 0 spiro atoms. The lowest BCUT2D eigenvalue weighted by Crippen LogP contribution is -2.29. The third-order valence-electron chi connectivity index (χ3n) is 3.53. The van der Waals surface area contributed by atoms with Gasteiger partial charge in [-0.15, -0.1) is 12.3 Å². The van der Waals surface area contributed by atoms with Gasteiger partial charge in [-0.25, -0.2) is 14.6 Å². The number of terminal acetylenes is 1. The second-order valence-electron chi connectivity index (χ2n) is 5.11. The third-order valence-corrected chi connectivity index (χ3v) is 3.53. The van der Waals surface area contributed by atoms with Crippen molar-refractivity contribution in [2.45, 2.75) is 24.9 Å². The number of carbonyl (C=O) groups is 1. The number of hydrogen-bond acceptors (Lipinski definition) is 6. The molecule has 1 aliphatic heterocycles. The van der Waals surface area contributed by atoms with Crippen molar-refractivity contribution in [2.75, 3.05) is 6.54 Å². The van der Waals surface area contributed by atoms with Crippen molar-refractivity contribution in [1.29, 1.82) is 0 Å². The molecule has 0 atom stereocenters. The molecule has 3 heterocycles. The van der Waals surface area contributed by atoms with Gasteiger partial charge in [0.25, 0.3) is 5.91 Å². The largest absolute Gasteiger partial charge is 0.352 e. The maximum Gasteiger partial charge on any atom is 0.255 e. The Bertz CT molecular complexity index is 754. The van der Waals surface area contributed by atoms with Crippen LogP contribution in [0.5, 0.6) is 0 Å². The van der Waals surface area contributed by atoms with E-state index in [0.717, 1.165) is 6.42 Å². The summed E-state index contributed by atoms with van der Waals surface area (Å²) in [6.07, 6.45) is 11.7. The highest BCUT2D eigenvalue weighted by atomic mass is 16.1. The zero-order valence-electron chi connectivity index (χ0n) is 12.4. The maximum atomic E-state index is 12.4. The van der Waals surface area contributed by atoms with Crippen LogP contribution in [0.1, 0.15) is 29.6 Å². The molecule has 0 radical (unpaired) electrons. The van der Waals surface area contributed by atoms with E-state index in [4.69, 9.17) is 6.42 Å². The van der Waals surface area contributed by atoms with E-state index in [1.165, 1.54) is 17.3 Å². The Morgan fingerprint density at radius 3 is 2.96 bits per heavy atom. The topological polar surface area (TPSA) is 97.4 Å². The summed E-state index contributed by atoms with van der Waals surface area (Å²) < 4.78 is 1.45. The molecule has 116 valence electrons. The van der Waals surface area contributed by atoms with E-state index in [0.29, 0.717) is 30.8 Å². The summed E-state index contributed by atoms with van der Waals surface area (Å²) >= 11 is 0. The van der Waals surface area contributed by atoms with Gasteiger partial charge in [-0.1, -0.05) is 0 Å². The molecule has 8 nitrogen and oxygen atoms in total. The van der Waals surface area contributed by atoms with E-state index in [2.05, 4.69) is 36.5 Å². The summed E-state index contributed by atoms with van der Waals surface area (Å²) in [5, 5.41) is 15.0. The highest BCUT2D eigenvalue weighted by Crippen LogP contribution is 2.36. The first-order chi connectivity index (χ1) is 11.2. The molecular formula is C15H15N7O. The second-order valence-corrected chi connectivity index (χ2v) is 5.11. The first-order valence-corrected chi connectivity index (χ1v) is 7.20. The van der Waals surface area contributed by atoms with Gasteiger partial charge in [-0.05, 0) is 12.1 Å². The standard InChI is InChI=1S/C15H15N7O/c1-2-3-6-15(20-21-15)7-9-18-14(23)12-5-4-8-17-13(12)22-11-16-10-19-22/h1,4-5,8,10-11H,3,6-7,9H2,(H,18,23). The Hall–Kier alpha value is -3.08. The molecule has 3 rings (SSSR count). The SMILES string of the molecule is C#CCCC1(CCNC(=O)c2cccnc2-n2cncn2)N=N1. The number of pyridine rings is 1. The fraction of sp³-hybridized carbons (Fsp3) is 0.333. The lowest BCUT2D eigenvalue weighted by Gasteiger charge is -2.11. The number of amides is 1. The van der Waals surface area contributed by atoms with Crippen LogP contribution in [0.3, 0.4) is 0 Å². The van der Waals surface area contributed by atoms with E-state index < -0.39 is 5.66 Å². The normalized spacial score (nSPS) is 14.2. The molecule has 0 unspecified atom stereocenters. The van der Waals surface area contributed by atoms with Gasteiger partial charge >= 0.3 is 0 Å². The number of nitrogens with one attached hydrogen (secondary N) is 1. The summed E-state index contributed by atoms with van der Waals surface area (Å²) in [4.78, 5) is 20.4. The van der Waals surface area contributed by atoms with Crippen LogP contribution in [-0.2, 0) is 0 Å². The molecule has 2 aromatic rings. The molecule has 0 fully saturated rings. The number of aromatic nitrogens is 4. The molecule has 0 aliphatic carbocycles. The minimum atomic E-state index is -0.399. The van der Waals surface area contributed by atoms with Crippen molar-refractivity contribution in [2.24, 2.45) is 10.2 Å². The Kier molecular flexibility index (Phi) is 4.10. The van der Waals surface area contributed by atoms with Crippen LogP contribution < -0.4 is 5.32 Å². The van der Waals surface area contributed by atoms with E-state index in [-0.39, 0.29) is 5.91 Å². The second kappa shape index (κ2) is 6.36. The van der Waals surface area contributed by atoms with Crippen molar-refractivity contribution in [1.82, 2.24) is 25.1 Å². The summed E-state index contributed by atoms with van der Waals surface area (Å²) in [7, 11) is 0. The van der Waals surface area contributed by atoms with Crippen LogP contribution in [0.2, 0.25) is 0 Å². The fourth-order valence-corrected chi connectivity index (χ4v) is 2.21. The van der Waals surface area contributed by atoms with Crippen LogP contribution in [0, 0.1) is 12.3 Å². The molecule has 8 heteroatoms. The number of hydrogen-bond donors (Lipinski definition) is 1. The van der Waals surface area contributed by atoms with Crippen LogP contribution in [0.25, 0.3) is 5.82 Å². The van der Waals surface area contributed by atoms with Crippen molar-refractivity contribution in [3.8, 4) is 18.2 Å². The third kappa shape index (κ3) is 3.40. The Morgan fingerprint density at radius 1 is 1.39 bits per heavy atom. The van der Waals surface area contributed by atoms with Crippen LogP contribution in [0.4, 0.5) is 0 Å². The van der Waals surface area contributed by atoms with Crippen molar-refractivity contribution >= 4 is 5.91 Å². The van der Waals surface area contributed by atoms with Gasteiger partial charge in [-0.3, -0.25) is 4.79 Å². The van der Waals surface area contributed by atoms with Gasteiger partial charge in [0, 0.05) is 32.0 Å². The number of rotatable bonds is 7. The van der Waals surface area contributed by atoms with Crippen LogP contribution in [-0.4, -0.2) is 37.9 Å². The monoisotopic (exact) mass is 309 g/mol. The summed E-state index contributed by atoms with van der Waals surface area (Å²) in [5.41, 5.74) is 0.0314. The molecule has 0 aromatic carbocycles. The molecule has 1 amide bonds. The van der Waals surface area contributed by atoms with Gasteiger partial charge < -0.3 is 5.32 Å². The molecule has 0 saturated carbocycles. The first-order valence-electron chi connectivity index (χ1n) is 7.20. The molecule has 1 N–H and O–H groups in total. The van der Waals surface area contributed by atoms with Gasteiger partial charge in [0.15, 0.2) is 11.5 Å². The van der Waals surface area contributed by atoms with Gasteiger partial charge in [0.2, 0.25) is 0 Å². The van der Waals surface area contributed by atoms with Crippen molar-refractivity contribution in [3.63, 3.8) is 0 Å². The van der Waals surface area contributed by atoms with E-state index in [1.54, 1.807) is 18.3 Å². The zero-order chi connectivity index (χ0) is 16.1. The quantitative estimate of drug-likeness (QED) is 0.781. The van der Waals surface area contributed by atoms with Crippen LogP contribution >= 0.6 is 0 Å². The molecule has 2 aromatic heterocycles. The Labute approximate surface area is 133 Å². The minimum absolute atomic E-state index is 0.226. The Balaban J connectivity index is 1.60. The molecule has 0 saturated heterocycles. The number of carbonyl (C=O) groups excluding carboxylic acids is 1. The van der Waals surface area contributed by atoms with Gasteiger partial charge in [0.1, 0.15) is 12.7 Å². The highest BCUT2D eigenvalue weighted by Gasteiger charge is 2.38. The average Bonchev–Trinajstić information content (AvgIpc) is 3.13. The lowest BCUT2D eigenvalue weighted by molar-refractivity contribution is 0.0951. The lowest BCUT2D eigenvalue weighted by atomic mass is 10.0. The predicted molar refractivity (Wildman–Crippen MR) is 81.8 cm³/mol. The Morgan fingerprint density at radius 2 is 2.26 bits per heavy atom. The first kappa shape index (κ1) is 14.8. The predicted octanol–water partition coefficient (Wildman–Crippen LogP) is 1.36. The smallest absolute Gasteiger partial charge is 0.255 e. The fourth-order valence-electron chi connectivity index (χ4n) is 2.21. The molecule has 23 heavy (non-hydrogen) atoms. The maximum absolute atomic E-state index is 12.4. The molecule has 0 bridgehead atoms. The van der Waals surface area contributed by atoms with Crippen LogP contribution in [0.15, 0.2) is 41.2 Å². The van der Waals surface area contributed by atoms with Gasteiger partial charge in [-0.2, -0.15) is 15.3 Å². The van der Waals surface area contributed by atoms with Crippen molar-refractivity contribution in [3.05, 3.63) is 36.5 Å². The highest BCUT2D eigenvalue weighted by molar-refractivity contribution is 5.97. The van der Waals surface area contributed by atoms with E-state index in [9.17, 15) is 4.79 Å². The van der Waals surface area contributed by atoms with E-state index >= 15 is 0 Å². The molecule has 1 aliphatic rings. The summed E-state index contributed by atoms with van der Waals surface area (Å²) in [5.74, 6) is 2.79. The minimum Gasteiger partial charge on any atom is -0.352 e. The zero-order valence-corrected chi connectivity index (χ0v) is 12.4. The summed E-state index contributed by atoms with van der Waals surface area (Å²) in [6.45, 7) is 0.460. The summed E-state index contributed by atoms with van der Waals surface area (Å²) in [6, 6.07) is 3.40.